The zero-order chi connectivity index (χ0) is 15.5. The van der Waals surface area contributed by atoms with Gasteiger partial charge in [0.1, 0.15) is 13.0 Å². The molecule has 0 aromatic carbocycles. The Bertz CT molecular complexity index is 613. The third kappa shape index (κ3) is 3.86. The molecule has 0 radical (unpaired) electrons. The van der Waals surface area contributed by atoms with Crippen molar-refractivity contribution in [2.24, 2.45) is 0 Å². The molecule has 2 aromatic heterocycles. The normalized spacial score (nSPS) is 11.7. The summed E-state index contributed by atoms with van der Waals surface area (Å²) in [6.45, 7) is 0.535. The van der Waals surface area contributed by atoms with Gasteiger partial charge in [0.25, 0.3) is 0 Å². The van der Waals surface area contributed by atoms with Gasteiger partial charge in [-0.1, -0.05) is 0 Å². The van der Waals surface area contributed by atoms with Crippen molar-refractivity contribution in [2.75, 3.05) is 6.67 Å². The molecule has 0 saturated carbocycles. The standard InChI is InChI=1S/C11H11F4N5O/c1-7-4-8(11(13,14)15)19-10(18-7)21-5-9-16-6-17-20(9)3-2-12/h4,6H,2-3,5H2,1H3. The Balaban J connectivity index is 2.13. The second-order valence-corrected chi connectivity index (χ2v) is 4.05. The van der Waals surface area contributed by atoms with Crippen LogP contribution in [0.4, 0.5) is 17.6 Å². The summed E-state index contributed by atoms with van der Waals surface area (Å²) < 4.78 is 56.4. The van der Waals surface area contributed by atoms with E-state index in [1.165, 1.54) is 17.9 Å². The summed E-state index contributed by atoms with van der Waals surface area (Å²) in [6.07, 6.45) is -3.38. The average molecular weight is 305 g/mol. The Kier molecular flexibility index (Phi) is 4.34. The highest BCUT2D eigenvalue weighted by atomic mass is 19.4. The Hall–Kier alpha value is -2.26. The van der Waals surface area contributed by atoms with Gasteiger partial charge < -0.3 is 4.74 Å². The molecule has 0 fully saturated rings. The maximum Gasteiger partial charge on any atom is 0.433 e. The number of aryl methyl sites for hydroxylation is 2. The minimum atomic E-state index is -4.58. The topological polar surface area (TPSA) is 65.7 Å². The molecule has 2 aromatic rings. The predicted molar refractivity (Wildman–Crippen MR) is 62.1 cm³/mol. The molecule has 0 unspecified atom stereocenters. The lowest BCUT2D eigenvalue weighted by atomic mass is 10.3. The van der Waals surface area contributed by atoms with Crippen LogP contribution in [0.25, 0.3) is 0 Å². The molecule has 2 rings (SSSR count). The first-order valence-electron chi connectivity index (χ1n) is 5.88. The summed E-state index contributed by atoms with van der Waals surface area (Å²) in [6, 6.07) is 0.399. The number of nitrogens with zero attached hydrogens (tertiary/aromatic N) is 5. The Morgan fingerprint density at radius 2 is 2.05 bits per heavy atom. The van der Waals surface area contributed by atoms with Gasteiger partial charge in [-0.2, -0.15) is 23.3 Å². The second-order valence-electron chi connectivity index (χ2n) is 4.05. The van der Waals surface area contributed by atoms with E-state index in [1.807, 2.05) is 0 Å². The summed E-state index contributed by atoms with van der Waals surface area (Å²) in [4.78, 5) is 10.9. The summed E-state index contributed by atoms with van der Waals surface area (Å²) in [5.74, 6) is 0.270. The minimum Gasteiger partial charge on any atom is -0.455 e. The zero-order valence-corrected chi connectivity index (χ0v) is 10.9. The monoisotopic (exact) mass is 305 g/mol. The highest BCUT2D eigenvalue weighted by Crippen LogP contribution is 2.28. The molecule has 0 aliphatic carbocycles. The molecule has 10 heteroatoms. The van der Waals surface area contributed by atoms with Crippen molar-refractivity contribution in [1.82, 2.24) is 24.7 Å². The molecule has 0 atom stereocenters. The van der Waals surface area contributed by atoms with E-state index in [9.17, 15) is 17.6 Å². The quantitative estimate of drug-likeness (QED) is 0.790. The number of rotatable bonds is 5. The van der Waals surface area contributed by atoms with E-state index in [0.29, 0.717) is 0 Å². The van der Waals surface area contributed by atoms with Gasteiger partial charge in [-0.25, -0.2) is 19.0 Å². The van der Waals surface area contributed by atoms with Crippen LogP contribution in [0.3, 0.4) is 0 Å². The molecular formula is C11H11F4N5O. The number of hydrogen-bond donors (Lipinski definition) is 0. The minimum absolute atomic E-state index is 0.0127. The van der Waals surface area contributed by atoms with Gasteiger partial charge in [0.15, 0.2) is 18.1 Å². The van der Waals surface area contributed by atoms with Crippen molar-refractivity contribution >= 4 is 0 Å². The maximum absolute atomic E-state index is 12.6. The van der Waals surface area contributed by atoms with E-state index in [0.717, 1.165) is 6.07 Å². The van der Waals surface area contributed by atoms with Crippen LogP contribution >= 0.6 is 0 Å². The van der Waals surface area contributed by atoms with Crippen LogP contribution in [-0.4, -0.2) is 31.4 Å². The first kappa shape index (κ1) is 15.1. The van der Waals surface area contributed by atoms with Crippen LogP contribution in [0.5, 0.6) is 6.01 Å². The Morgan fingerprint density at radius 1 is 1.29 bits per heavy atom. The molecule has 114 valence electrons. The highest BCUT2D eigenvalue weighted by Gasteiger charge is 2.33. The lowest BCUT2D eigenvalue weighted by molar-refractivity contribution is -0.141. The Labute approximate surface area is 116 Å². The lowest BCUT2D eigenvalue weighted by Crippen LogP contribution is -2.13. The van der Waals surface area contributed by atoms with E-state index in [1.54, 1.807) is 0 Å². The molecule has 0 bridgehead atoms. The van der Waals surface area contributed by atoms with Crippen LogP contribution in [0.1, 0.15) is 17.2 Å². The predicted octanol–water partition coefficient (Wildman–Crippen LogP) is 1.94. The zero-order valence-electron chi connectivity index (χ0n) is 10.9. The van der Waals surface area contributed by atoms with E-state index in [-0.39, 0.29) is 24.7 Å². The van der Waals surface area contributed by atoms with Crippen LogP contribution < -0.4 is 4.74 Å². The van der Waals surface area contributed by atoms with Gasteiger partial charge in [-0.3, -0.25) is 0 Å². The summed E-state index contributed by atoms with van der Waals surface area (Å²) >= 11 is 0. The number of halogens is 4. The van der Waals surface area contributed by atoms with E-state index in [4.69, 9.17) is 4.74 Å². The highest BCUT2D eigenvalue weighted by molar-refractivity contribution is 5.15. The van der Waals surface area contributed by atoms with Crippen molar-refractivity contribution < 1.29 is 22.3 Å². The maximum atomic E-state index is 12.6. The number of ether oxygens (including phenoxy) is 1. The number of hydrogen-bond acceptors (Lipinski definition) is 5. The van der Waals surface area contributed by atoms with Crippen molar-refractivity contribution in [3.8, 4) is 6.01 Å². The molecule has 0 aliphatic rings. The van der Waals surface area contributed by atoms with Gasteiger partial charge in [0, 0.05) is 5.69 Å². The first-order valence-corrected chi connectivity index (χ1v) is 5.88. The first-order chi connectivity index (χ1) is 9.90. The molecule has 21 heavy (non-hydrogen) atoms. The fraction of sp³-hybridized carbons (Fsp3) is 0.455. The fourth-order valence-corrected chi connectivity index (χ4v) is 1.55. The molecule has 2 heterocycles. The van der Waals surface area contributed by atoms with Gasteiger partial charge in [0.05, 0.1) is 6.54 Å². The van der Waals surface area contributed by atoms with Crippen molar-refractivity contribution in [2.45, 2.75) is 26.3 Å². The summed E-state index contributed by atoms with van der Waals surface area (Å²) in [5.41, 5.74) is -0.965. The second kappa shape index (κ2) is 6.02. The molecule has 0 aliphatic heterocycles. The van der Waals surface area contributed by atoms with Crippen LogP contribution in [0, 0.1) is 6.92 Å². The van der Waals surface area contributed by atoms with Crippen LogP contribution in [-0.2, 0) is 19.3 Å². The lowest BCUT2D eigenvalue weighted by Gasteiger charge is -2.09. The van der Waals surface area contributed by atoms with Crippen molar-refractivity contribution in [3.63, 3.8) is 0 Å². The van der Waals surface area contributed by atoms with Crippen molar-refractivity contribution in [1.29, 1.82) is 0 Å². The van der Waals surface area contributed by atoms with E-state index >= 15 is 0 Å². The average Bonchev–Trinajstić information content (AvgIpc) is 2.83. The molecular weight excluding hydrogens is 294 g/mol. The van der Waals surface area contributed by atoms with Crippen LogP contribution in [0.2, 0.25) is 0 Å². The SMILES string of the molecule is Cc1cc(C(F)(F)F)nc(OCc2ncnn2CCF)n1. The third-order valence-electron chi connectivity index (χ3n) is 2.45. The van der Waals surface area contributed by atoms with Gasteiger partial charge in [0.2, 0.25) is 0 Å². The molecule has 0 spiro atoms. The largest absolute Gasteiger partial charge is 0.455 e. The number of alkyl halides is 4. The smallest absolute Gasteiger partial charge is 0.433 e. The molecule has 6 nitrogen and oxygen atoms in total. The molecule has 0 saturated heterocycles. The molecule has 0 N–H and O–H groups in total. The van der Waals surface area contributed by atoms with Gasteiger partial charge in [-0.15, -0.1) is 0 Å². The van der Waals surface area contributed by atoms with Gasteiger partial charge >= 0.3 is 12.2 Å². The van der Waals surface area contributed by atoms with E-state index in [2.05, 4.69) is 20.1 Å². The summed E-state index contributed by atoms with van der Waals surface area (Å²) in [7, 11) is 0. The van der Waals surface area contributed by atoms with E-state index < -0.39 is 24.6 Å². The number of aromatic nitrogens is 5. The fourth-order valence-electron chi connectivity index (χ4n) is 1.55. The van der Waals surface area contributed by atoms with Gasteiger partial charge in [-0.05, 0) is 13.0 Å². The van der Waals surface area contributed by atoms with Crippen LogP contribution in [0.15, 0.2) is 12.4 Å². The third-order valence-corrected chi connectivity index (χ3v) is 2.45. The summed E-state index contributed by atoms with van der Waals surface area (Å²) in [5, 5.41) is 3.76. The Morgan fingerprint density at radius 3 is 2.71 bits per heavy atom. The van der Waals surface area contributed by atoms with Crippen molar-refractivity contribution in [3.05, 3.63) is 29.6 Å². The molecule has 0 amide bonds.